The molecule has 2 fully saturated rings. The molecule has 0 aromatic heterocycles. The molecule has 0 radical (unpaired) electrons. The molecule has 2 aliphatic rings. The monoisotopic (exact) mass is 414 g/mol. The molecule has 1 aromatic carbocycles. The predicted octanol–water partition coefficient (Wildman–Crippen LogP) is 4.99. The van der Waals surface area contributed by atoms with E-state index in [1.807, 2.05) is 85.7 Å². The molecule has 0 amide bonds. The molecule has 164 valence electrons. The van der Waals surface area contributed by atoms with E-state index in [9.17, 15) is 4.79 Å². The molecule has 3 rings (SSSR count). The largest absolute Gasteiger partial charge is 0.459 e. The summed E-state index contributed by atoms with van der Waals surface area (Å²) >= 11 is 0. The summed E-state index contributed by atoms with van der Waals surface area (Å²) in [6, 6.07) is 9.40. The minimum atomic E-state index is -0.525. The lowest BCUT2D eigenvalue weighted by Gasteiger charge is -2.32. The third-order valence-corrected chi connectivity index (χ3v) is 7.43. The van der Waals surface area contributed by atoms with Crippen molar-refractivity contribution in [3.63, 3.8) is 0 Å². The minimum Gasteiger partial charge on any atom is -0.403 e. The summed E-state index contributed by atoms with van der Waals surface area (Å²) < 4.78 is 25.6. The average molecular weight is 414 g/mol. The van der Waals surface area contributed by atoms with Crippen LogP contribution in [0, 0.1) is 5.92 Å². The van der Waals surface area contributed by atoms with Gasteiger partial charge in [-0.15, -0.1) is 0 Å². The second kappa shape index (κ2) is 7.77. The topological polar surface area (TPSA) is 54.0 Å². The van der Waals surface area contributed by atoms with Gasteiger partial charge in [0.2, 0.25) is 0 Å². The summed E-state index contributed by atoms with van der Waals surface area (Å²) in [5.41, 5.74) is -1.41. The van der Waals surface area contributed by atoms with Crippen LogP contribution < -0.4 is 0 Å². The second-order valence-corrected chi connectivity index (χ2v) is 10.8. The second-order valence-electron chi connectivity index (χ2n) is 10.8. The Morgan fingerprint density at radius 1 is 0.767 bits per heavy atom. The maximum absolute atomic E-state index is 12.9. The third kappa shape index (κ3) is 4.27. The Labute approximate surface area is 182 Å². The number of Topliss-reactive ketones (excluding diaryl/α,β-unsaturated/α-hetero) is 1. The molecule has 0 N–H and O–H groups in total. The van der Waals surface area contributed by atoms with Crippen molar-refractivity contribution in [1.29, 1.82) is 0 Å². The quantitative estimate of drug-likeness (QED) is 0.485. The molecule has 0 bridgehead atoms. The number of benzene rings is 1. The van der Waals surface area contributed by atoms with E-state index >= 15 is 0 Å². The van der Waals surface area contributed by atoms with Gasteiger partial charge in [-0.25, -0.2) is 0 Å². The Balaban J connectivity index is 1.88. The van der Waals surface area contributed by atoms with Crippen LogP contribution in [0.3, 0.4) is 0 Å². The molecule has 0 spiro atoms. The van der Waals surface area contributed by atoms with Crippen LogP contribution in [-0.4, -0.2) is 42.4 Å². The van der Waals surface area contributed by atoms with E-state index in [0.29, 0.717) is 12.0 Å². The zero-order chi connectivity index (χ0) is 22.5. The Bertz CT molecular complexity index is 707. The van der Waals surface area contributed by atoms with Crippen LogP contribution in [-0.2, 0) is 18.6 Å². The van der Waals surface area contributed by atoms with Crippen LogP contribution in [0.1, 0.15) is 79.1 Å². The van der Waals surface area contributed by atoms with Crippen LogP contribution in [0.15, 0.2) is 30.3 Å². The van der Waals surface area contributed by atoms with Gasteiger partial charge in [0.05, 0.1) is 22.4 Å². The van der Waals surface area contributed by atoms with Gasteiger partial charge in [-0.3, -0.25) is 4.79 Å². The van der Waals surface area contributed by atoms with Crippen LogP contribution in [0.5, 0.6) is 0 Å². The van der Waals surface area contributed by atoms with E-state index in [0.717, 1.165) is 0 Å². The summed E-state index contributed by atoms with van der Waals surface area (Å²) in [4.78, 5) is 12.9. The average Bonchev–Trinajstić information content (AvgIpc) is 2.94. The van der Waals surface area contributed by atoms with Crippen LogP contribution >= 0.6 is 0 Å². The van der Waals surface area contributed by atoms with Gasteiger partial charge in [0, 0.05) is 17.7 Å². The van der Waals surface area contributed by atoms with Crippen molar-refractivity contribution in [2.24, 2.45) is 5.92 Å². The first kappa shape index (κ1) is 23.5. The van der Waals surface area contributed by atoms with Crippen molar-refractivity contribution < 1.29 is 23.4 Å². The number of rotatable bonds is 6. The first-order valence-electron chi connectivity index (χ1n) is 11.0. The molecule has 5 nitrogen and oxygen atoms in total. The fourth-order valence-corrected chi connectivity index (χ4v) is 3.93. The lowest BCUT2D eigenvalue weighted by Crippen LogP contribution is -2.42. The highest BCUT2D eigenvalue weighted by atomic mass is 16.7. The van der Waals surface area contributed by atoms with E-state index in [1.165, 1.54) is 0 Å². The van der Waals surface area contributed by atoms with Crippen molar-refractivity contribution in [2.45, 2.75) is 96.9 Å². The zero-order valence-electron chi connectivity index (χ0n) is 19.9. The Kier molecular flexibility index (Phi) is 6.09. The molecule has 2 saturated heterocycles. The van der Waals surface area contributed by atoms with Gasteiger partial charge in [0.1, 0.15) is 0 Å². The Morgan fingerprint density at radius 3 is 1.50 bits per heavy atom. The molecular weight excluding hydrogens is 378 g/mol. The fourth-order valence-electron chi connectivity index (χ4n) is 3.93. The molecule has 30 heavy (non-hydrogen) atoms. The Hall–Kier alpha value is -1.14. The van der Waals surface area contributed by atoms with Gasteiger partial charge in [0.15, 0.2) is 5.78 Å². The maximum atomic E-state index is 12.9. The SMILES string of the molecule is CC(CC(=O)c1ccccc1)C(B1OC(C)(C)C(C)(C)O1)B1OC(C)(C)C(C)(C)O1. The first-order valence-corrected chi connectivity index (χ1v) is 11.0. The van der Waals surface area contributed by atoms with Crippen LogP contribution in [0.25, 0.3) is 0 Å². The normalized spacial score (nSPS) is 25.0. The van der Waals surface area contributed by atoms with Crippen molar-refractivity contribution in [2.75, 3.05) is 0 Å². The third-order valence-electron chi connectivity index (χ3n) is 7.43. The molecule has 1 unspecified atom stereocenters. The fraction of sp³-hybridized carbons (Fsp3) is 0.696. The predicted molar refractivity (Wildman–Crippen MR) is 120 cm³/mol. The van der Waals surface area contributed by atoms with Gasteiger partial charge >= 0.3 is 14.2 Å². The molecule has 2 aliphatic heterocycles. The highest BCUT2D eigenvalue weighted by Gasteiger charge is 2.62. The Morgan fingerprint density at radius 2 is 1.13 bits per heavy atom. The van der Waals surface area contributed by atoms with Gasteiger partial charge in [-0.2, -0.15) is 0 Å². The maximum Gasteiger partial charge on any atom is 0.459 e. The van der Waals surface area contributed by atoms with Crippen molar-refractivity contribution in [3.8, 4) is 0 Å². The minimum absolute atomic E-state index is 0.0675. The lowest BCUT2D eigenvalue weighted by atomic mass is 9.46. The molecule has 0 aliphatic carbocycles. The lowest BCUT2D eigenvalue weighted by molar-refractivity contribution is 0.00578. The summed E-state index contributed by atoms with van der Waals surface area (Å²) in [5.74, 6) is 0.0308. The van der Waals surface area contributed by atoms with Crippen LogP contribution in [0.4, 0.5) is 0 Å². The highest BCUT2D eigenvalue weighted by Crippen LogP contribution is 2.48. The van der Waals surface area contributed by atoms with Crippen LogP contribution in [0.2, 0.25) is 5.72 Å². The van der Waals surface area contributed by atoms with E-state index in [4.69, 9.17) is 18.6 Å². The standard InChI is InChI=1S/C23H36B2O5/c1-16(15-18(26)17-13-11-10-12-14-17)19(24-27-20(2,3)21(4,5)28-24)25-29-22(6,7)23(8,9)30-25/h10-14,16,19H,15H2,1-9H3. The van der Waals surface area contributed by atoms with Crippen molar-refractivity contribution in [3.05, 3.63) is 35.9 Å². The first-order chi connectivity index (χ1) is 13.7. The zero-order valence-corrected chi connectivity index (χ0v) is 19.9. The number of hydrogen-bond acceptors (Lipinski definition) is 5. The summed E-state index contributed by atoms with van der Waals surface area (Å²) in [6.45, 7) is 18.3. The number of hydrogen-bond donors (Lipinski definition) is 0. The summed E-state index contributed by atoms with van der Waals surface area (Å²) in [5, 5.41) is 0. The van der Waals surface area contributed by atoms with E-state index in [2.05, 4.69) is 6.92 Å². The number of carbonyl (C=O) groups excluding carboxylic acids is 1. The van der Waals surface area contributed by atoms with E-state index in [-0.39, 0.29) is 17.4 Å². The number of ketones is 1. The molecule has 1 aromatic rings. The molecule has 0 saturated carbocycles. The highest BCUT2D eigenvalue weighted by molar-refractivity contribution is 6.68. The van der Waals surface area contributed by atoms with E-state index in [1.54, 1.807) is 0 Å². The summed E-state index contributed by atoms with van der Waals surface area (Å²) in [7, 11) is -1.05. The molecule has 7 heteroatoms. The molecule has 2 heterocycles. The van der Waals surface area contributed by atoms with Crippen molar-refractivity contribution >= 4 is 20.0 Å². The van der Waals surface area contributed by atoms with Gasteiger partial charge in [0.25, 0.3) is 0 Å². The summed E-state index contributed by atoms with van der Waals surface area (Å²) in [6.07, 6.45) is 0.364. The van der Waals surface area contributed by atoms with Gasteiger partial charge in [-0.1, -0.05) is 37.3 Å². The smallest absolute Gasteiger partial charge is 0.403 e. The van der Waals surface area contributed by atoms with Crippen molar-refractivity contribution in [1.82, 2.24) is 0 Å². The van der Waals surface area contributed by atoms with Gasteiger partial charge in [-0.05, 0) is 61.3 Å². The van der Waals surface area contributed by atoms with Gasteiger partial charge < -0.3 is 18.6 Å². The molecule has 1 atom stereocenters. The molecular formula is C23H36B2O5. The van der Waals surface area contributed by atoms with E-state index < -0.39 is 36.6 Å². The number of carbonyl (C=O) groups is 1.